The lowest BCUT2D eigenvalue weighted by molar-refractivity contribution is -0.119. The van der Waals surface area contributed by atoms with E-state index in [1.807, 2.05) is 13.8 Å². The number of nitrogens with one attached hydrogen (secondary N) is 2. The Morgan fingerprint density at radius 3 is 2.67 bits per heavy atom. The van der Waals surface area contributed by atoms with Gasteiger partial charge in [-0.05, 0) is 43.4 Å². The van der Waals surface area contributed by atoms with Crippen molar-refractivity contribution >= 4 is 11.6 Å². The van der Waals surface area contributed by atoms with E-state index >= 15 is 0 Å². The molecule has 1 rings (SSSR count). The first-order valence-corrected chi connectivity index (χ1v) is 6.57. The van der Waals surface area contributed by atoms with Crippen molar-refractivity contribution in [2.24, 2.45) is 5.92 Å². The standard InChI is InChI=1S/C15H24N2O/c1-11(2)7-8-16-15(18)10-17-14-9-12(3)5-6-13(14)4/h5-6,9,11,17H,7-8,10H2,1-4H3,(H,16,18). The van der Waals surface area contributed by atoms with Gasteiger partial charge < -0.3 is 10.6 Å². The van der Waals surface area contributed by atoms with Crippen LogP contribution in [0.2, 0.25) is 0 Å². The van der Waals surface area contributed by atoms with Crippen molar-refractivity contribution in [1.29, 1.82) is 0 Å². The summed E-state index contributed by atoms with van der Waals surface area (Å²) in [6.07, 6.45) is 1.02. The first kappa shape index (κ1) is 14.6. The first-order valence-electron chi connectivity index (χ1n) is 6.57. The quantitative estimate of drug-likeness (QED) is 0.812. The zero-order valence-corrected chi connectivity index (χ0v) is 11.8. The molecule has 0 aliphatic heterocycles. The Balaban J connectivity index is 2.36. The van der Waals surface area contributed by atoms with Crippen LogP contribution in [0, 0.1) is 19.8 Å². The van der Waals surface area contributed by atoms with Crippen molar-refractivity contribution in [2.75, 3.05) is 18.4 Å². The summed E-state index contributed by atoms with van der Waals surface area (Å²) in [5, 5.41) is 6.10. The van der Waals surface area contributed by atoms with Gasteiger partial charge in [0.25, 0.3) is 0 Å². The van der Waals surface area contributed by atoms with Crippen LogP contribution in [0.4, 0.5) is 5.69 Å². The average molecular weight is 248 g/mol. The minimum atomic E-state index is 0.0524. The molecule has 1 aromatic rings. The summed E-state index contributed by atoms with van der Waals surface area (Å²) in [5.74, 6) is 0.675. The van der Waals surface area contributed by atoms with Gasteiger partial charge in [0.2, 0.25) is 5.91 Å². The molecule has 0 unspecified atom stereocenters. The summed E-state index contributed by atoms with van der Waals surface area (Å²) in [6.45, 7) is 9.49. The number of anilines is 1. The predicted molar refractivity (Wildman–Crippen MR) is 76.9 cm³/mol. The topological polar surface area (TPSA) is 41.1 Å². The number of carbonyl (C=O) groups excluding carboxylic acids is 1. The van der Waals surface area contributed by atoms with Gasteiger partial charge >= 0.3 is 0 Å². The van der Waals surface area contributed by atoms with Gasteiger partial charge in [0, 0.05) is 12.2 Å². The van der Waals surface area contributed by atoms with Gasteiger partial charge in [-0.2, -0.15) is 0 Å². The van der Waals surface area contributed by atoms with Crippen LogP contribution in [0.5, 0.6) is 0 Å². The Morgan fingerprint density at radius 1 is 1.28 bits per heavy atom. The lowest BCUT2D eigenvalue weighted by Gasteiger charge is -2.11. The van der Waals surface area contributed by atoms with Gasteiger partial charge in [0.1, 0.15) is 0 Å². The smallest absolute Gasteiger partial charge is 0.239 e. The van der Waals surface area contributed by atoms with Crippen LogP contribution >= 0.6 is 0 Å². The van der Waals surface area contributed by atoms with E-state index in [1.54, 1.807) is 0 Å². The number of hydrogen-bond donors (Lipinski definition) is 2. The zero-order valence-electron chi connectivity index (χ0n) is 11.8. The summed E-state index contributed by atoms with van der Waals surface area (Å²) >= 11 is 0. The Morgan fingerprint density at radius 2 is 2.00 bits per heavy atom. The Kier molecular flexibility index (Phi) is 5.69. The molecule has 0 radical (unpaired) electrons. The van der Waals surface area contributed by atoms with Crippen molar-refractivity contribution in [2.45, 2.75) is 34.1 Å². The molecule has 0 aliphatic carbocycles. The number of benzene rings is 1. The Bertz CT molecular complexity index is 399. The molecule has 0 heterocycles. The van der Waals surface area contributed by atoms with E-state index < -0.39 is 0 Å². The van der Waals surface area contributed by atoms with E-state index in [1.165, 1.54) is 5.56 Å². The molecule has 3 heteroatoms. The van der Waals surface area contributed by atoms with E-state index in [0.717, 1.165) is 24.2 Å². The third-order valence-corrected chi connectivity index (χ3v) is 2.88. The van der Waals surface area contributed by atoms with Crippen molar-refractivity contribution in [3.8, 4) is 0 Å². The highest BCUT2D eigenvalue weighted by Crippen LogP contribution is 2.15. The van der Waals surface area contributed by atoms with E-state index in [9.17, 15) is 4.79 Å². The van der Waals surface area contributed by atoms with Gasteiger partial charge in [-0.3, -0.25) is 4.79 Å². The molecule has 0 atom stereocenters. The van der Waals surface area contributed by atoms with Crippen LogP contribution in [0.3, 0.4) is 0 Å². The lowest BCUT2D eigenvalue weighted by Crippen LogP contribution is -2.31. The maximum absolute atomic E-state index is 11.6. The molecule has 0 bridgehead atoms. The minimum Gasteiger partial charge on any atom is -0.376 e. The van der Waals surface area contributed by atoms with Crippen LogP contribution in [0.1, 0.15) is 31.4 Å². The molecule has 0 spiro atoms. The fourth-order valence-electron chi connectivity index (χ4n) is 1.66. The van der Waals surface area contributed by atoms with Crippen LogP contribution in [-0.2, 0) is 4.79 Å². The molecular weight excluding hydrogens is 224 g/mol. The normalized spacial score (nSPS) is 10.5. The SMILES string of the molecule is Cc1ccc(C)c(NCC(=O)NCCC(C)C)c1. The second-order valence-corrected chi connectivity index (χ2v) is 5.20. The molecule has 2 N–H and O–H groups in total. The maximum Gasteiger partial charge on any atom is 0.239 e. The van der Waals surface area contributed by atoms with E-state index in [4.69, 9.17) is 0 Å². The Hall–Kier alpha value is -1.51. The third-order valence-electron chi connectivity index (χ3n) is 2.88. The van der Waals surface area contributed by atoms with Crippen LogP contribution in [0.25, 0.3) is 0 Å². The summed E-state index contributed by atoms with van der Waals surface area (Å²) < 4.78 is 0. The van der Waals surface area contributed by atoms with Gasteiger partial charge in [0.05, 0.1) is 6.54 Å². The fraction of sp³-hybridized carbons (Fsp3) is 0.533. The van der Waals surface area contributed by atoms with E-state index in [2.05, 4.69) is 42.7 Å². The highest BCUT2D eigenvalue weighted by Gasteiger charge is 2.03. The number of aryl methyl sites for hydroxylation is 2. The molecule has 100 valence electrons. The molecule has 0 saturated heterocycles. The van der Waals surface area contributed by atoms with Gasteiger partial charge in [-0.1, -0.05) is 26.0 Å². The van der Waals surface area contributed by atoms with Gasteiger partial charge in [-0.15, -0.1) is 0 Å². The maximum atomic E-state index is 11.6. The molecule has 0 aromatic heterocycles. The highest BCUT2D eigenvalue weighted by molar-refractivity contribution is 5.80. The minimum absolute atomic E-state index is 0.0524. The molecule has 0 aliphatic rings. The van der Waals surface area contributed by atoms with Crippen molar-refractivity contribution in [3.05, 3.63) is 29.3 Å². The van der Waals surface area contributed by atoms with Crippen LogP contribution in [0.15, 0.2) is 18.2 Å². The largest absolute Gasteiger partial charge is 0.376 e. The summed E-state index contributed by atoms with van der Waals surface area (Å²) in [7, 11) is 0. The molecule has 1 amide bonds. The van der Waals surface area contributed by atoms with Crippen molar-refractivity contribution < 1.29 is 4.79 Å². The zero-order chi connectivity index (χ0) is 13.5. The third kappa shape index (κ3) is 5.21. The molecule has 3 nitrogen and oxygen atoms in total. The average Bonchev–Trinajstić information content (AvgIpc) is 2.30. The van der Waals surface area contributed by atoms with Crippen LogP contribution < -0.4 is 10.6 Å². The van der Waals surface area contributed by atoms with Crippen LogP contribution in [-0.4, -0.2) is 19.0 Å². The number of rotatable bonds is 6. The first-order chi connectivity index (χ1) is 8.49. The second-order valence-electron chi connectivity index (χ2n) is 5.20. The van der Waals surface area contributed by atoms with Gasteiger partial charge in [-0.25, -0.2) is 0 Å². The summed E-state index contributed by atoms with van der Waals surface area (Å²) in [4.78, 5) is 11.6. The number of carbonyl (C=O) groups is 1. The monoisotopic (exact) mass is 248 g/mol. The summed E-state index contributed by atoms with van der Waals surface area (Å²) in [5.41, 5.74) is 3.40. The number of hydrogen-bond acceptors (Lipinski definition) is 2. The van der Waals surface area contributed by atoms with Crippen molar-refractivity contribution in [1.82, 2.24) is 5.32 Å². The highest BCUT2D eigenvalue weighted by atomic mass is 16.1. The summed E-state index contributed by atoms with van der Waals surface area (Å²) in [6, 6.07) is 6.20. The fourth-order valence-corrected chi connectivity index (χ4v) is 1.66. The predicted octanol–water partition coefficient (Wildman–Crippen LogP) is 2.88. The van der Waals surface area contributed by atoms with E-state index in [-0.39, 0.29) is 5.91 Å². The molecular formula is C15H24N2O. The Labute approximate surface area is 110 Å². The lowest BCUT2D eigenvalue weighted by atomic mass is 10.1. The van der Waals surface area contributed by atoms with E-state index in [0.29, 0.717) is 12.5 Å². The molecule has 0 fully saturated rings. The molecule has 18 heavy (non-hydrogen) atoms. The van der Waals surface area contributed by atoms with Crippen molar-refractivity contribution in [3.63, 3.8) is 0 Å². The number of amides is 1. The molecule has 1 aromatic carbocycles. The second kappa shape index (κ2) is 7.04. The van der Waals surface area contributed by atoms with Gasteiger partial charge in [0.15, 0.2) is 0 Å². The molecule has 0 saturated carbocycles.